The predicted molar refractivity (Wildman–Crippen MR) is 86.0 cm³/mol. The van der Waals surface area contributed by atoms with Gasteiger partial charge in [-0.15, -0.1) is 0 Å². The number of likely N-dealkylation sites (tertiary alicyclic amines) is 1. The fourth-order valence-electron chi connectivity index (χ4n) is 2.68. The lowest BCUT2D eigenvalue weighted by Crippen LogP contribution is -2.46. The van der Waals surface area contributed by atoms with Gasteiger partial charge in [0, 0.05) is 24.2 Å². The summed E-state index contributed by atoms with van der Waals surface area (Å²) in [7, 11) is 0. The Morgan fingerprint density at radius 3 is 2.59 bits per heavy atom. The Morgan fingerprint density at radius 1 is 1.41 bits per heavy atom. The van der Waals surface area contributed by atoms with Crippen molar-refractivity contribution in [1.82, 2.24) is 10.2 Å². The van der Waals surface area contributed by atoms with Gasteiger partial charge in [0.25, 0.3) is 0 Å². The van der Waals surface area contributed by atoms with Crippen LogP contribution in [0, 0.1) is 0 Å². The van der Waals surface area contributed by atoms with Gasteiger partial charge in [0.05, 0.1) is 19.3 Å². The number of aliphatic hydroxyl groups excluding tert-OH is 1. The van der Waals surface area contributed by atoms with Gasteiger partial charge in [-0.1, -0.05) is 23.7 Å². The molecule has 0 aromatic heterocycles. The van der Waals surface area contributed by atoms with Crippen molar-refractivity contribution < 1.29 is 14.6 Å². The number of rotatable bonds is 5. The zero-order valence-corrected chi connectivity index (χ0v) is 13.6. The number of halogens is 1. The summed E-state index contributed by atoms with van der Waals surface area (Å²) in [6.07, 6.45) is 1.46. The molecule has 0 radical (unpaired) electrons. The van der Waals surface area contributed by atoms with Gasteiger partial charge in [0.1, 0.15) is 0 Å². The highest BCUT2D eigenvalue weighted by Gasteiger charge is 2.25. The Bertz CT molecular complexity index is 473. The third kappa shape index (κ3) is 4.60. The van der Waals surface area contributed by atoms with Crippen molar-refractivity contribution in [3.05, 3.63) is 34.9 Å². The Morgan fingerprint density at radius 2 is 2.05 bits per heavy atom. The third-order valence-corrected chi connectivity index (χ3v) is 4.16. The van der Waals surface area contributed by atoms with E-state index in [-0.39, 0.29) is 24.8 Å². The molecule has 0 bridgehead atoms. The van der Waals surface area contributed by atoms with Crippen LogP contribution in [-0.2, 0) is 4.74 Å². The first-order chi connectivity index (χ1) is 10.6. The lowest BCUT2D eigenvalue weighted by molar-refractivity contribution is 0.0928. The van der Waals surface area contributed by atoms with Gasteiger partial charge in [-0.3, -0.25) is 0 Å². The van der Waals surface area contributed by atoms with E-state index in [1.807, 2.05) is 31.2 Å². The average molecular weight is 327 g/mol. The first-order valence-corrected chi connectivity index (χ1v) is 8.06. The number of piperidine rings is 1. The van der Waals surface area contributed by atoms with Crippen molar-refractivity contribution in [3.63, 3.8) is 0 Å². The molecule has 122 valence electrons. The first-order valence-electron chi connectivity index (χ1n) is 7.68. The van der Waals surface area contributed by atoms with Crippen molar-refractivity contribution in [2.45, 2.75) is 31.8 Å². The van der Waals surface area contributed by atoms with Crippen molar-refractivity contribution in [2.24, 2.45) is 0 Å². The maximum Gasteiger partial charge on any atom is 0.409 e. The van der Waals surface area contributed by atoms with Crippen LogP contribution in [0.5, 0.6) is 0 Å². The highest BCUT2D eigenvalue weighted by atomic mass is 35.5. The molecule has 1 aliphatic rings. The standard InChI is InChI=1S/C16H23ClN2O3/c1-2-22-16(21)19-9-7-14(8-10-19)18-15(11-20)12-3-5-13(17)6-4-12/h3-6,14-15,18,20H,2,7-11H2,1H3/t15-/m0/s1. The molecule has 1 amide bonds. The largest absolute Gasteiger partial charge is 0.450 e. The first kappa shape index (κ1) is 17.1. The topological polar surface area (TPSA) is 61.8 Å². The van der Waals surface area contributed by atoms with E-state index in [2.05, 4.69) is 5.32 Å². The molecule has 1 fully saturated rings. The summed E-state index contributed by atoms with van der Waals surface area (Å²) < 4.78 is 5.01. The number of amides is 1. The molecule has 1 heterocycles. The number of hydrogen-bond donors (Lipinski definition) is 2. The fraction of sp³-hybridized carbons (Fsp3) is 0.562. The number of benzene rings is 1. The van der Waals surface area contributed by atoms with Gasteiger partial charge in [-0.25, -0.2) is 4.79 Å². The Balaban J connectivity index is 1.86. The van der Waals surface area contributed by atoms with Crippen LogP contribution >= 0.6 is 11.6 Å². The van der Waals surface area contributed by atoms with Crippen LogP contribution in [0.15, 0.2) is 24.3 Å². The molecule has 1 aliphatic heterocycles. The van der Waals surface area contributed by atoms with Crippen LogP contribution in [-0.4, -0.2) is 48.4 Å². The van der Waals surface area contributed by atoms with E-state index in [4.69, 9.17) is 16.3 Å². The van der Waals surface area contributed by atoms with E-state index in [9.17, 15) is 9.90 Å². The summed E-state index contributed by atoms with van der Waals surface area (Å²) in [5.41, 5.74) is 1.01. The van der Waals surface area contributed by atoms with Crippen molar-refractivity contribution >= 4 is 17.7 Å². The predicted octanol–water partition coefficient (Wildman–Crippen LogP) is 2.58. The SMILES string of the molecule is CCOC(=O)N1CCC(N[C@@H](CO)c2ccc(Cl)cc2)CC1. The third-order valence-electron chi connectivity index (χ3n) is 3.91. The lowest BCUT2D eigenvalue weighted by atomic mass is 10.0. The van der Waals surface area contributed by atoms with Crippen LogP contribution in [0.1, 0.15) is 31.4 Å². The minimum atomic E-state index is -0.239. The summed E-state index contributed by atoms with van der Waals surface area (Å²) in [5.74, 6) is 0. The van der Waals surface area contributed by atoms with E-state index in [1.54, 1.807) is 4.90 Å². The molecule has 5 nitrogen and oxygen atoms in total. The van der Waals surface area contributed by atoms with Gasteiger partial charge in [0.2, 0.25) is 0 Å². The summed E-state index contributed by atoms with van der Waals surface area (Å²) in [6.45, 7) is 3.59. The highest BCUT2D eigenvalue weighted by Crippen LogP contribution is 2.19. The van der Waals surface area contributed by atoms with Gasteiger partial charge in [-0.2, -0.15) is 0 Å². The second kappa shape index (κ2) is 8.36. The van der Waals surface area contributed by atoms with Crippen molar-refractivity contribution in [2.75, 3.05) is 26.3 Å². The fourth-order valence-corrected chi connectivity index (χ4v) is 2.80. The van der Waals surface area contributed by atoms with Gasteiger partial charge >= 0.3 is 6.09 Å². The molecule has 0 saturated carbocycles. The second-order valence-electron chi connectivity index (χ2n) is 5.41. The minimum Gasteiger partial charge on any atom is -0.450 e. The number of nitrogens with one attached hydrogen (secondary N) is 1. The molecule has 1 aromatic rings. The quantitative estimate of drug-likeness (QED) is 0.873. The molecule has 0 unspecified atom stereocenters. The van der Waals surface area contributed by atoms with Gasteiger partial charge in [0.15, 0.2) is 0 Å². The monoisotopic (exact) mass is 326 g/mol. The zero-order valence-electron chi connectivity index (χ0n) is 12.8. The van der Waals surface area contributed by atoms with Crippen LogP contribution in [0.4, 0.5) is 4.79 Å². The molecule has 6 heteroatoms. The summed E-state index contributed by atoms with van der Waals surface area (Å²) in [5, 5.41) is 13.8. The van der Waals surface area contributed by atoms with E-state index < -0.39 is 0 Å². The number of carbonyl (C=O) groups is 1. The lowest BCUT2D eigenvalue weighted by Gasteiger charge is -2.33. The van der Waals surface area contributed by atoms with Crippen molar-refractivity contribution in [3.8, 4) is 0 Å². The molecule has 1 aromatic carbocycles. The minimum absolute atomic E-state index is 0.0275. The second-order valence-corrected chi connectivity index (χ2v) is 5.85. The van der Waals surface area contributed by atoms with E-state index in [0.717, 1.165) is 18.4 Å². The van der Waals surface area contributed by atoms with Crippen LogP contribution in [0.2, 0.25) is 5.02 Å². The smallest absolute Gasteiger partial charge is 0.409 e. The maximum atomic E-state index is 11.7. The number of hydrogen-bond acceptors (Lipinski definition) is 4. The molecule has 0 spiro atoms. The molecule has 0 aliphatic carbocycles. The van der Waals surface area contributed by atoms with Crippen LogP contribution in [0.3, 0.4) is 0 Å². The van der Waals surface area contributed by atoms with E-state index >= 15 is 0 Å². The average Bonchev–Trinajstić information content (AvgIpc) is 2.54. The molecule has 1 atom stereocenters. The number of ether oxygens (including phenoxy) is 1. The Kier molecular flexibility index (Phi) is 6.49. The number of carbonyl (C=O) groups excluding carboxylic acids is 1. The molecule has 1 saturated heterocycles. The van der Waals surface area contributed by atoms with Gasteiger partial charge in [-0.05, 0) is 37.5 Å². The highest BCUT2D eigenvalue weighted by molar-refractivity contribution is 6.30. The van der Waals surface area contributed by atoms with Crippen LogP contribution in [0.25, 0.3) is 0 Å². The summed E-state index contributed by atoms with van der Waals surface area (Å²) >= 11 is 5.89. The Labute approximate surface area is 136 Å². The summed E-state index contributed by atoms with van der Waals surface area (Å²) in [4.78, 5) is 13.4. The number of aliphatic hydroxyl groups is 1. The van der Waals surface area contributed by atoms with Crippen molar-refractivity contribution in [1.29, 1.82) is 0 Å². The number of nitrogens with zero attached hydrogens (tertiary/aromatic N) is 1. The normalized spacial score (nSPS) is 17.3. The van der Waals surface area contributed by atoms with Gasteiger partial charge < -0.3 is 20.1 Å². The zero-order chi connectivity index (χ0) is 15.9. The maximum absolute atomic E-state index is 11.7. The summed E-state index contributed by atoms with van der Waals surface area (Å²) in [6, 6.07) is 7.65. The Hall–Kier alpha value is -1.30. The molecule has 22 heavy (non-hydrogen) atoms. The van der Waals surface area contributed by atoms with E-state index in [0.29, 0.717) is 24.7 Å². The van der Waals surface area contributed by atoms with Crippen LogP contribution < -0.4 is 5.32 Å². The molecular formula is C16H23ClN2O3. The van der Waals surface area contributed by atoms with E-state index in [1.165, 1.54) is 0 Å². The molecule has 2 rings (SSSR count). The molecule has 2 N–H and O–H groups in total. The molecular weight excluding hydrogens is 304 g/mol.